The lowest BCUT2D eigenvalue weighted by molar-refractivity contribution is 0.475. The number of aromatic hydroxyl groups is 2. The van der Waals surface area contributed by atoms with Crippen molar-refractivity contribution in [1.29, 1.82) is 0 Å². The van der Waals surface area contributed by atoms with E-state index < -0.39 is 0 Å². The van der Waals surface area contributed by atoms with Crippen molar-refractivity contribution in [2.24, 2.45) is 7.05 Å². The first-order valence-electron chi connectivity index (χ1n) is 12.1. The first-order valence-corrected chi connectivity index (χ1v) is 12.1. The Balaban J connectivity index is 0.00000127. The molecule has 0 unspecified atom stereocenters. The first-order chi connectivity index (χ1) is 16.6. The summed E-state index contributed by atoms with van der Waals surface area (Å²) < 4.78 is 2.16. The lowest BCUT2D eigenvalue weighted by Crippen LogP contribution is -2.24. The van der Waals surface area contributed by atoms with E-state index in [2.05, 4.69) is 21.4 Å². The SMILES string of the molecule is Br.Br.Br.Cn1c(-c2ccc(O)cc2)c(-c2ccc(O)cc2)c2c(N3CCCC3)nc(N3CCCC3)nc21. The maximum Gasteiger partial charge on any atom is 0.229 e. The zero-order chi connectivity index (χ0) is 23.2. The lowest BCUT2D eigenvalue weighted by atomic mass is 9.98. The van der Waals surface area contributed by atoms with Gasteiger partial charge in [-0.05, 0) is 73.2 Å². The Bertz CT molecular complexity index is 1350. The van der Waals surface area contributed by atoms with Gasteiger partial charge in [0.25, 0.3) is 0 Å². The van der Waals surface area contributed by atoms with Crippen LogP contribution < -0.4 is 9.80 Å². The maximum absolute atomic E-state index is 9.95. The Kier molecular flexibility index (Phi) is 9.52. The highest BCUT2D eigenvalue weighted by Gasteiger charge is 2.28. The van der Waals surface area contributed by atoms with Crippen LogP contribution in [0.3, 0.4) is 0 Å². The van der Waals surface area contributed by atoms with E-state index in [1.807, 2.05) is 24.3 Å². The van der Waals surface area contributed by atoms with Crippen LogP contribution in [0.25, 0.3) is 33.4 Å². The molecule has 0 atom stereocenters. The Morgan fingerprint density at radius 3 is 1.68 bits per heavy atom. The lowest BCUT2D eigenvalue weighted by Gasteiger charge is -2.22. The second kappa shape index (κ2) is 12.0. The van der Waals surface area contributed by atoms with Crippen LogP contribution in [0.2, 0.25) is 0 Å². The van der Waals surface area contributed by atoms with Gasteiger partial charge in [-0.3, -0.25) is 0 Å². The molecule has 0 spiro atoms. The van der Waals surface area contributed by atoms with Crippen LogP contribution in [0.1, 0.15) is 25.7 Å². The summed E-state index contributed by atoms with van der Waals surface area (Å²) in [5.41, 5.74) is 4.98. The average molecular weight is 698 g/mol. The maximum atomic E-state index is 9.95. The molecule has 0 bridgehead atoms. The number of nitrogens with zero attached hydrogens (tertiary/aromatic N) is 5. The molecule has 0 amide bonds. The van der Waals surface area contributed by atoms with Crippen LogP contribution in [0.4, 0.5) is 11.8 Å². The number of anilines is 2. The fourth-order valence-corrected chi connectivity index (χ4v) is 5.37. The van der Waals surface area contributed by atoms with Crippen LogP contribution in [0, 0.1) is 0 Å². The molecule has 4 heterocycles. The predicted octanol–water partition coefficient (Wildman–Crippen LogP) is 6.65. The van der Waals surface area contributed by atoms with Crippen LogP contribution in [0.5, 0.6) is 11.5 Å². The zero-order valence-corrected chi connectivity index (χ0v) is 25.8. The molecule has 6 rings (SSSR count). The van der Waals surface area contributed by atoms with Gasteiger partial charge in [-0.1, -0.05) is 12.1 Å². The Morgan fingerprint density at radius 2 is 1.14 bits per heavy atom. The summed E-state index contributed by atoms with van der Waals surface area (Å²) in [6.07, 6.45) is 4.67. The van der Waals surface area contributed by atoms with Crippen molar-refractivity contribution >= 4 is 73.7 Å². The molecule has 2 saturated heterocycles. The van der Waals surface area contributed by atoms with Crippen molar-refractivity contribution < 1.29 is 10.2 Å². The molecule has 0 radical (unpaired) electrons. The van der Waals surface area contributed by atoms with Crippen LogP contribution in [-0.4, -0.2) is 50.9 Å². The topological polar surface area (TPSA) is 77.7 Å². The Hall–Kier alpha value is -2.30. The molecular weight excluding hydrogens is 666 g/mol. The minimum atomic E-state index is 0. The third-order valence-corrected chi connectivity index (χ3v) is 7.09. The van der Waals surface area contributed by atoms with Crippen LogP contribution >= 0.6 is 50.9 Å². The fourth-order valence-electron chi connectivity index (χ4n) is 5.37. The van der Waals surface area contributed by atoms with Gasteiger partial charge in [0.15, 0.2) is 0 Å². The van der Waals surface area contributed by atoms with Gasteiger partial charge in [0, 0.05) is 38.8 Å². The van der Waals surface area contributed by atoms with E-state index >= 15 is 0 Å². The second-order valence-electron chi connectivity index (χ2n) is 9.31. The number of hydrogen-bond donors (Lipinski definition) is 2. The van der Waals surface area contributed by atoms with Gasteiger partial charge in [-0.25, -0.2) is 0 Å². The number of hydrogen-bond acceptors (Lipinski definition) is 6. The molecular formula is C27H32Br3N5O2. The van der Waals surface area contributed by atoms with E-state index in [1.165, 1.54) is 12.8 Å². The van der Waals surface area contributed by atoms with E-state index in [4.69, 9.17) is 9.97 Å². The molecule has 2 aliphatic heterocycles. The van der Waals surface area contributed by atoms with Gasteiger partial charge in [-0.15, -0.1) is 50.9 Å². The number of phenolic OH excluding ortho intramolecular Hbond substituents is 2. The quantitative estimate of drug-likeness (QED) is 0.249. The minimum absolute atomic E-state index is 0. The summed E-state index contributed by atoms with van der Waals surface area (Å²) in [5, 5.41) is 20.9. The van der Waals surface area contributed by atoms with Crippen molar-refractivity contribution in [3.63, 3.8) is 0 Å². The number of aromatic nitrogens is 3. The second-order valence-corrected chi connectivity index (χ2v) is 9.31. The number of phenols is 2. The van der Waals surface area contributed by atoms with Gasteiger partial charge in [0.2, 0.25) is 5.95 Å². The van der Waals surface area contributed by atoms with Crippen LogP contribution in [-0.2, 0) is 7.05 Å². The number of fused-ring (bicyclic) bond motifs is 1. The molecule has 198 valence electrons. The number of benzene rings is 2. The summed E-state index contributed by atoms with van der Waals surface area (Å²) >= 11 is 0. The molecule has 2 fully saturated rings. The number of rotatable bonds is 4. The molecule has 2 aromatic heterocycles. The molecule has 7 nitrogen and oxygen atoms in total. The first kappa shape index (κ1) is 29.3. The van der Waals surface area contributed by atoms with E-state index in [9.17, 15) is 10.2 Å². The highest BCUT2D eigenvalue weighted by molar-refractivity contribution is 8.93. The molecule has 2 N–H and O–H groups in total. The fraction of sp³-hybridized carbons (Fsp3) is 0.333. The third kappa shape index (κ3) is 5.33. The molecule has 0 saturated carbocycles. The molecule has 2 aliphatic rings. The van der Waals surface area contributed by atoms with Crippen molar-refractivity contribution in [3.05, 3.63) is 48.5 Å². The summed E-state index contributed by atoms with van der Waals surface area (Å²) in [6.45, 7) is 3.96. The number of aryl methyl sites for hydroxylation is 1. The standard InChI is InChI=1S/C27H29N5O2.3BrH/c1-30-24(19-8-12-21(34)13-9-19)22(18-6-10-20(33)11-7-18)23-25(30)28-27(32-16-4-5-17-32)29-26(23)31-14-2-3-15-31;;;/h6-13,33-34H,2-5,14-17H2,1H3;3*1H. The summed E-state index contributed by atoms with van der Waals surface area (Å²) in [4.78, 5) is 15.0. The van der Waals surface area contributed by atoms with Crippen molar-refractivity contribution in [1.82, 2.24) is 14.5 Å². The van der Waals surface area contributed by atoms with E-state index in [1.54, 1.807) is 24.3 Å². The summed E-state index contributed by atoms with van der Waals surface area (Å²) in [7, 11) is 2.06. The van der Waals surface area contributed by atoms with E-state index in [0.717, 1.165) is 84.2 Å². The molecule has 0 aliphatic carbocycles. The normalized spacial score (nSPS) is 14.8. The average Bonchev–Trinajstić information content (AvgIpc) is 3.62. The van der Waals surface area contributed by atoms with Gasteiger partial charge in [0.05, 0.1) is 11.1 Å². The number of halogens is 3. The van der Waals surface area contributed by atoms with E-state index in [0.29, 0.717) is 0 Å². The van der Waals surface area contributed by atoms with Crippen molar-refractivity contribution in [2.45, 2.75) is 25.7 Å². The van der Waals surface area contributed by atoms with Gasteiger partial charge < -0.3 is 24.6 Å². The van der Waals surface area contributed by atoms with Gasteiger partial charge in [0.1, 0.15) is 23.0 Å². The summed E-state index contributed by atoms with van der Waals surface area (Å²) in [6, 6.07) is 14.7. The predicted molar refractivity (Wildman–Crippen MR) is 167 cm³/mol. The summed E-state index contributed by atoms with van der Waals surface area (Å²) in [5.74, 6) is 2.28. The minimum Gasteiger partial charge on any atom is -0.508 e. The van der Waals surface area contributed by atoms with E-state index in [-0.39, 0.29) is 62.4 Å². The molecule has 10 heteroatoms. The highest BCUT2D eigenvalue weighted by Crippen LogP contribution is 2.45. The monoisotopic (exact) mass is 695 g/mol. The van der Waals surface area contributed by atoms with Gasteiger partial charge >= 0.3 is 0 Å². The molecule has 2 aromatic carbocycles. The third-order valence-electron chi connectivity index (χ3n) is 7.09. The Morgan fingerprint density at radius 1 is 0.649 bits per heavy atom. The molecule has 4 aromatic rings. The highest BCUT2D eigenvalue weighted by atomic mass is 79.9. The van der Waals surface area contributed by atoms with Crippen LogP contribution in [0.15, 0.2) is 48.5 Å². The molecule has 37 heavy (non-hydrogen) atoms. The van der Waals surface area contributed by atoms with Gasteiger partial charge in [-0.2, -0.15) is 9.97 Å². The smallest absolute Gasteiger partial charge is 0.229 e. The Labute approximate surface area is 248 Å². The largest absolute Gasteiger partial charge is 0.508 e. The zero-order valence-electron chi connectivity index (χ0n) is 20.6. The van der Waals surface area contributed by atoms with Crippen molar-refractivity contribution in [2.75, 3.05) is 36.0 Å². The van der Waals surface area contributed by atoms with Crippen molar-refractivity contribution in [3.8, 4) is 33.9 Å².